The van der Waals surface area contributed by atoms with E-state index in [0.717, 1.165) is 69.4 Å². The van der Waals surface area contributed by atoms with Gasteiger partial charge in [-0.15, -0.1) is 0 Å². The van der Waals surface area contributed by atoms with E-state index < -0.39 is 24.6 Å². The number of rotatable bonds is 14. The third-order valence-corrected chi connectivity index (χ3v) is 11.2. The summed E-state index contributed by atoms with van der Waals surface area (Å²) in [4.78, 5) is 18.8. The molecule has 0 radical (unpaired) electrons. The molecule has 2 aliphatic rings. The summed E-state index contributed by atoms with van der Waals surface area (Å²) in [5.41, 5.74) is 6.17. The van der Waals surface area contributed by atoms with Gasteiger partial charge in [-0.2, -0.15) is 0 Å². The van der Waals surface area contributed by atoms with Crippen molar-refractivity contribution in [2.45, 2.75) is 37.4 Å². The maximum atomic E-state index is 14.3. The molecule has 2 aromatic carbocycles. The van der Waals surface area contributed by atoms with E-state index in [4.69, 9.17) is 38.4 Å². The van der Waals surface area contributed by atoms with Crippen molar-refractivity contribution in [3.8, 4) is 45.8 Å². The lowest BCUT2D eigenvalue weighted by Gasteiger charge is -2.27. The van der Waals surface area contributed by atoms with E-state index in [1.807, 2.05) is 106 Å². The Balaban J connectivity index is 0.000000162. The standard InChI is InChI=1S/2C24H25FN4O3/c2*1-30-11-12-31-17-8-10-29-20(15-27-23(29)13-17)19-6-5-16-3-2-4-22(24(16)28-19)32-21-7-9-26-14-18(21)25/h2*2-6,8,10,13,15,18,21,26H,7,9,11-12,14H2,1H3/t2*18-,21-/m10/s1. The molecule has 16 heteroatoms. The number of para-hydroxylation sites is 2. The summed E-state index contributed by atoms with van der Waals surface area (Å²) in [7, 11) is 3.28. The number of hydrogen-bond acceptors (Lipinski definition) is 12. The molecule has 2 saturated heterocycles. The number of hydrogen-bond donors (Lipinski definition) is 2. The Morgan fingerprint density at radius 2 is 1.06 bits per heavy atom. The molecule has 14 nitrogen and oxygen atoms in total. The van der Waals surface area contributed by atoms with Crippen molar-refractivity contribution in [2.24, 2.45) is 0 Å². The first-order valence-electron chi connectivity index (χ1n) is 21.5. The normalized spacial score (nSPS) is 18.8. The lowest BCUT2D eigenvalue weighted by atomic mass is 10.1. The largest absolute Gasteiger partial charge is 0.491 e. The van der Waals surface area contributed by atoms with Crippen molar-refractivity contribution >= 4 is 33.1 Å². The molecule has 4 atom stereocenters. The Hall–Kier alpha value is -6.46. The van der Waals surface area contributed by atoms with E-state index in [-0.39, 0.29) is 0 Å². The number of aromatic nitrogens is 6. The van der Waals surface area contributed by atoms with Crippen molar-refractivity contribution in [1.29, 1.82) is 0 Å². The molecular formula is C48H50F2N8O6. The van der Waals surface area contributed by atoms with Crippen LogP contribution >= 0.6 is 0 Å². The summed E-state index contributed by atoms with van der Waals surface area (Å²) in [6.07, 6.45) is 5.63. The van der Waals surface area contributed by atoms with Crippen LogP contribution in [0.3, 0.4) is 0 Å². The molecule has 10 rings (SSSR count). The summed E-state index contributed by atoms with van der Waals surface area (Å²) >= 11 is 0. The maximum absolute atomic E-state index is 14.3. The molecule has 332 valence electrons. The van der Waals surface area contributed by atoms with Crippen molar-refractivity contribution < 1.29 is 37.2 Å². The molecule has 2 fully saturated rings. The molecule has 2 aliphatic heterocycles. The average molecular weight is 873 g/mol. The van der Waals surface area contributed by atoms with Crippen molar-refractivity contribution in [3.05, 3.63) is 110 Å². The van der Waals surface area contributed by atoms with Crippen molar-refractivity contribution in [3.63, 3.8) is 0 Å². The van der Waals surface area contributed by atoms with Crippen LogP contribution in [-0.4, -0.2) is 120 Å². The zero-order valence-corrected chi connectivity index (χ0v) is 35.7. The van der Waals surface area contributed by atoms with E-state index in [0.29, 0.717) is 74.9 Å². The van der Waals surface area contributed by atoms with Crippen LogP contribution < -0.4 is 29.6 Å². The van der Waals surface area contributed by atoms with Crippen LogP contribution in [0.4, 0.5) is 8.78 Å². The Morgan fingerprint density at radius 1 is 0.594 bits per heavy atom. The predicted octanol–water partition coefficient (Wildman–Crippen LogP) is 7.31. The molecule has 0 spiro atoms. The Bertz CT molecular complexity index is 2650. The Kier molecular flexibility index (Phi) is 13.3. The summed E-state index contributed by atoms with van der Waals surface area (Å²) < 4.78 is 66.1. The predicted molar refractivity (Wildman–Crippen MR) is 240 cm³/mol. The number of imidazole rings is 2. The van der Waals surface area contributed by atoms with Gasteiger partial charge in [-0.1, -0.05) is 36.4 Å². The van der Waals surface area contributed by atoms with Crippen LogP contribution in [0.1, 0.15) is 12.8 Å². The van der Waals surface area contributed by atoms with Gasteiger partial charge in [0.15, 0.2) is 0 Å². The van der Waals surface area contributed by atoms with Gasteiger partial charge in [0.25, 0.3) is 0 Å². The fourth-order valence-electron chi connectivity index (χ4n) is 7.87. The lowest BCUT2D eigenvalue weighted by molar-refractivity contribution is 0.0742. The molecule has 64 heavy (non-hydrogen) atoms. The number of ether oxygens (including phenoxy) is 6. The maximum Gasteiger partial charge on any atom is 0.149 e. The zero-order valence-electron chi connectivity index (χ0n) is 35.7. The van der Waals surface area contributed by atoms with Gasteiger partial charge in [0.05, 0.1) is 48.4 Å². The minimum absolute atomic E-state index is 0.313. The second kappa shape index (κ2) is 19.9. The number of halogens is 2. The first kappa shape index (κ1) is 42.8. The van der Waals surface area contributed by atoms with Crippen molar-refractivity contribution in [2.75, 3.05) is 66.8 Å². The van der Waals surface area contributed by atoms with Crippen LogP contribution in [0.5, 0.6) is 23.0 Å². The van der Waals surface area contributed by atoms with Gasteiger partial charge in [0.1, 0.15) is 83.1 Å². The van der Waals surface area contributed by atoms with Crippen molar-refractivity contribution in [1.82, 2.24) is 39.4 Å². The van der Waals surface area contributed by atoms with E-state index >= 15 is 0 Å². The zero-order chi connectivity index (χ0) is 43.8. The van der Waals surface area contributed by atoms with E-state index in [9.17, 15) is 8.78 Å². The highest BCUT2D eigenvalue weighted by atomic mass is 19.1. The second-order valence-electron chi connectivity index (χ2n) is 15.5. The van der Waals surface area contributed by atoms with E-state index in [1.165, 1.54) is 0 Å². The summed E-state index contributed by atoms with van der Waals surface area (Å²) in [5.74, 6) is 2.66. The molecule has 2 N–H and O–H groups in total. The number of pyridine rings is 4. The minimum Gasteiger partial charge on any atom is -0.491 e. The SMILES string of the molecule is COCCOc1ccn2c(-c3ccc4cccc(O[C@@H]5CCNC[C@H]5F)c4n3)cnc2c1.COCCOc1ccn2c(-c3ccc4cccc(O[C@H]5CCNC[C@@H]5F)c4n3)cnc2c1. The lowest BCUT2D eigenvalue weighted by Crippen LogP contribution is -2.44. The van der Waals surface area contributed by atoms with E-state index in [2.05, 4.69) is 20.6 Å². The smallest absolute Gasteiger partial charge is 0.149 e. The average Bonchev–Trinajstić information content (AvgIpc) is 3.95. The summed E-state index contributed by atoms with van der Waals surface area (Å²) in [6, 6.07) is 27.0. The molecule has 0 bridgehead atoms. The fourth-order valence-corrected chi connectivity index (χ4v) is 7.87. The van der Waals surface area contributed by atoms with Crippen LogP contribution in [0.25, 0.3) is 55.9 Å². The number of methoxy groups -OCH3 is 2. The molecular weight excluding hydrogens is 823 g/mol. The quantitative estimate of drug-likeness (QED) is 0.106. The van der Waals surface area contributed by atoms with Crippen LogP contribution in [0.2, 0.25) is 0 Å². The topological polar surface area (TPSA) is 140 Å². The number of alkyl halides is 2. The second-order valence-corrected chi connectivity index (χ2v) is 15.5. The molecule has 0 aliphatic carbocycles. The number of benzene rings is 2. The van der Waals surface area contributed by atoms with Crippen LogP contribution in [0.15, 0.2) is 110 Å². The van der Waals surface area contributed by atoms with Gasteiger partial charge in [0.2, 0.25) is 0 Å². The van der Waals surface area contributed by atoms with E-state index in [1.54, 1.807) is 26.6 Å². The fraction of sp³-hybridized carbons (Fsp3) is 0.333. The number of fused-ring (bicyclic) bond motifs is 4. The first-order chi connectivity index (χ1) is 31.4. The number of piperidine rings is 2. The number of nitrogens with zero attached hydrogens (tertiary/aromatic N) is 6. The monoisotopic (exact) mass is 872 g/mol. The Labute approximate surface area is 368 Å². The third kappa shape index (κ3) is 9.55. The molecule has 8 heterocycles. The summed E-state index contributed by atoms with van der Waals surface area (Å²) in [5, 5.41) is 8.00. The highest BCUT2D eigenvalue weighted by molar-refractivity contribution is 5.87. The third-order valence-electron chi connectivity index (χ3n) is 11.2. The van der Waals surface area contributed by atoms with Gasteiger partial charge < -0.3 is 39.1 Å². The van der Waals surface area contributed by atoms with Gasteiger partial charge in [-0.05, 0) is 62.3 Å². The van der Waals surface area contributed by atoms with Gasteiger partial charge in [-0.3, -0.25) is 8.80 Å². The van der Waals surface area contributed by atoms with Crippen LogP contribution in [0, 0.1) is 0 Å². The molecule has 0 saturated carbocycles. The highest BCUT2D eigenvalue weighted by Crippen LogP contribution is 2.32. The van der Waals surface area contributed by atoms with Crippen LogP contribution in [-0.2, 0) is 9.47 Å². The Morgan fingerprint density at radius 3 is 1.50 bits per heavy atom. The molecule has 8 aromatic rings. The van der Waals surface area contributed by atoms with Gasteiger partial charge in [0, 0.05) is 62.6 Å². The minimum atomic E-state index is -1.04. The van der Waals surface area contributed by atoms with Gasteiger partial charge >= 0.3 is 0 Å². The summed E-state index contributed by atoms with van der Waals surface area (Å²) in [6.45, 7) is 4.12. The number of nitrogens with one attached hydrogen (secondary N) is 2. The molecule has 0 unspecified atom stereocenters. The highest BCUT2D eigenvalue weighted by Gasteiger charge is 2.28. The molecule has 6 aromatic heterocycles. The first-order valence-corrected chi connectivity index (χ1v) is 21.5. The van der Waals surface area contributed by atoms with Gasteiger partial charge in [-0.25, -0.2) is 28.7 Å². The molecule has 0 amide bonds.